The second kappa shape index (κ2) is 7.17. The first-order valence-electron chi connectivity index (χ1n) is 6.48. The predicted molar refractivity (Wildman–Crippen MR) is 84.8 cm³/mol. The number of allylic oxidation sites excluding steroid dienone is 4. The zero-order chi connectivity index (χ0) is 13.3. The number of benzene rings is 2. The fraction of sp³-hybridized carbons (Fsp3) is 0.0526. The molecule has 0 aliphatic rings. The summed E-state index contributed by atoms with van der Waals surface area (Å²) in [6, 6.07) is 18.7. The summed E-state index contributed by atoms with van der Waals surface area (Å²) in [6.07, 6.45) is 12.4. The molecule has 0 atom stereocenters. The van der Waals surface area contributed by atoms with E-state index in [1.165, 1.54) is 16.7 Å². The number of rotatable bonds is 4. The molecule has 0 heteroatoms. The van der Waals surface area contributed by atoms with Crippen LogP contribution >= 0.6 is 0 Å². The summed E-state index contributed by atoms with van der Waals surface area (Å²) in [5.41, 5.74) is 3.78. The number of aryl methyl sites for hydroxylation is 1. The van der Waals surface area contributed by atoms with Crippen LogP contribution in [0.25, 0.3) is 12.2 Å². The third kappa shape index (κ3) is 4.44. The Morgan fingerprint density at radius 1 is 0.632 bits per heavy atom. The minimum Gasteiger partial charge on any atom is -0.0622 e. The quantitative estimate of drug-likeness (QED) is 0.644. The summed E-state index contributed by atoms with van der Waals surface area (Å²) in [5.74, 6) is 0. The van der Waals surface area contributed by atoms with E-state index in [1.807, 2.05) is 30.4 Å². The van der Waals surface area contributed by atoms with Gasteiger partial charge in [0.05, 0.1) is 0 Å². The summed E-state index contributed by atoms with van der Waals surface area (Å²) >= 11 is 0. The molecule has 0 amide bonds. The van der Waals surface area contributed by atoms with Crippen LogP contribution in [0.15, 0.2) is 78.9 Å². The van der Waals surface area contributed by atoms with Crippen LogP contribution in [-0.4, -0.2) is 0 Å². The van der Waals surface area contributed by atoms with Gasteiger partial charge in [0.2, 0.25) is 0 Å². The molecule has 0 unspecified atom stereocenters. The van der Waals surface area contributed by atoms with Gasteiger partial charge in [-0.3, -0.25) is 0 Å². The topological polar surface area (TPSA) is 0 Å². The van der Waals surface area contributed by atoms with Crippen molar-refractivity contribution in [2.45, 2.75) is 6.92 Å². The van der Waals surface area contributed by atoms with E-state index in [0.29, 0.717) is 0 Å². The van der Waals surface area contributed by atoms with Crippen LogP contribution in [-0.2, 0) is 0 Å². The molecular weight excluding hydrogens is 228 g/mol. The van der Waals surface area contributed by atoms with E-state index >= 15 is 0 Å². The first kappa shape index (κ1) is 13.1. The molecule has 0 aliphatic heterocycles. The minimum atomic E-state index is 1.22. The lowest BCUT2D eigenvalue weighted by Crippen LogP contribution is -1.76. The van der Waals surface area contributed by atoms with Crippen molar-refractivity contribution in [2.75, 3.05) is 0 Å². The largest absolute Gasteiger partial charge is 0.0622 e. The lowest BCUT2D eigenvalue weighted by atomic mass is 10.1. The fourth-order valence-corrected chi connectivity index (χ4v) is 1.79. The molecule has 0 saturated carbocycles. The van der Waals surface area contributed by atoms with Crippen molar-refractivity contribution in [3.8, 4) is 0 Å². The van der Waals surface area contributed by atoms with Crippen molar-refractivity contribution in [1.82, 2.24) is 0 Å². The standard InChI is InChI=1S/C19H18/c1-17-11-9-10-16-19(17)15-8-3-2-5-12-18-13-6-4-7-14-18/h2-16H,1H3. The van der Waals surface area contributed by atoms with Crippen LogP contribution in [0.5, 0.6) is 0 Å². The molecule has 0 radical (unpaired) electrons. The third-order valence-corrected chi connectivity index (χ3v) is 2.89. The van der Waals surface area contributed by atoms with E-state index in [9.17, 15) is 0 Å². The van der Waals surface area contributed by atoms with Gasteiger partial charge in [-0.05, 0) is 23.6 Å². The summed E-state index contributed by atoms with van der Waals surface area (Å²) in [6.45, 7) is 2.12. The SMILES string of the molecule is Cc1ccccc1C=CC=CC=Cc1ccccc1. The maximum absolute atomic E-state index is 2.13. The highest BCUT2D eigenvalue weighted by molar-refractivity contribution is 5.55. The molecule has 0 N–H and O–H groups in total. The average Bonchev–Trinajstić information content (AvgIpc) is 2.45. The Labute approximate surface area is 115 Å². The summed E-state index contributed by atoms with van der Waals surface area (Å²) < 4.78 is 0. The van der Waals surface area contributed by atoms with Gasteiger partial charge in [-0.2, -0.15) is 0 Å². The Kier molecular flexibility index (Phi) is 4.95. The maximum atomic E-state index is 2.13. The molecule has 0 spiro atoms. The van der Waals surface area contributed by atoms with Crippen LogP contribution in [0.2, 0.25) is 0 Å². The van der Waals surface area contributed by atoms with Crippen molar-refractivity contribution < 1.29 is 0 Å². The zero-order valence-electron chi connectivity index (χ0n) is 11.2. The Hall–Kier alpha value is -2.34. The van der Waals surface area contributed by atoms with E-state index in [0.717, 1.165) is 0 Å². The van der Waals surface area contributed by atoms with Gasteiger partial charge in [-0.25, -0.2) is 0 Å². The second-order valence-corrected chi connectivity index (χ2v) is 4.37. The van der Waals surface area contributed by atoms with Crippen LogP contribution in [0.3, 0.4) is 0 Å². The summed E-state index contributed by atoms with van der Waals surface area (Å²) in [5, 5.41) is 0. The highest BCUT2D eigenvalue weighted by Crippen LogP contribution is 2.08. The molecule has 0 saturated heterocycles. The molecule has 0 nitrogen and oxygen atoms in total. The van der Waals surface area contributed by atoms with E-state index in [2.05, 4.69) is 67.6 Å². The molecule has 0 aromatic heterocycles. The Bertz CT molecular complexity index is 586. The van der Waals surface area contributed by atoms with Gasteiger partial charge in [0.1, 0.15) is 0 Å². The molecule has 19 heavy (non-hydrogen) atoms. The Morgan fingerprint density at radius 3 is 2.00 bits per heavy atom. The van der Waals surface area contributed by atoms with Crippen LogP contribution in [0.4, 0.5) is 0 Å². The molecule has 0 fully saturated rings. The predicted octanol–water partition coefficient (Wildman–Crippen LogP) is 5.28. The monoisotopic (exact) mass is 246 g/mol. The van der Waals surface area contributed by atoms with E-state index in [4.69, 9.17) is 0 Å². The van der Waals surface area contributed by atoms with E-state index < -0.39 is 0 Å². The normalized spacial score (nSPS) is 11.8. The van der Waals surface area contributed by atoms with Gasteiger partial charge in [0.15, 0.2) is 0 Å². The lowest BCUT2D eigenvalue weighted by Gasteiger charge is -1.96. The van der Waals surface area contributed by atoms with Crippen molar-refractivity contribution in [3.05, 3.63) is 95.6 Å². The van der Waals surface area contributed by atoms with Gasteiger partial charge >= 0.3 is 0 Å². The van der Waals surface area contributed by atoms with Gasteiger partial charge < -0.3 is 0 Å². The molecule has 0 bridgehead atoms. The molecule has 2 aromatic carbocycles. The van der Waals surface area contributed by atoms with E-state index in [1.54, 1.807) is 0 Å². The van der Waals surface area contributed by atoms with Gasteiger partial charge in [-0.15, -0.1) is 0 Å². The first-order chi connectivity index (χ1) is 9.36. The fourth-order valence-electron chi connectivity index (χ4n) is 1.79. The summed E-state index contributed by atoms with van der Waals surface area (Å²) in [4.78, 5) is 0. The molecule has 94 valence electrons. The summed E-state index contributed by atoms with van der Waals surface area (Å²) in [7, 11) is 0. The van der Waals surface area contributed by atoms with Crippen molar-refractivity contribution in [2.24, 2.45) is 0 Å². The second-order valence-electron chi connectivity index (χ2n) is 4.37. The smallest absolute Gasteiger partial charge is 0.0227 e. The van der Waals surface area contributed by atoms with Crippen molar-refractivity contribution in [3.63, 3.8) is 0 Å². The van der Waals surface area contributed by atoms with E-state index in [-0.39, 0.29) is 0 Å². The number of hydrogen-bond donors (Lipinski definition) is 0. The van der Waals surface area contributed by atoms with Crippen LogP contribution in [0, 0.1) is 6.92 Å². The van der Waals surface area contributed by atoms with Crippen molar-refractivity contribution >= 4 is 12.2 Å². The Balaban J connectivity index is 1.91. The highest BCUT2D eigenvalue weighted by Gasteiger charge is 1.88. The third-order valence-electron chi connectivity index (χ3n) is 2.89. The Morgan fingerprint density at radius 2 is 1.26 bits per heavy atom. The zero-order valence-corrected chi connectivity index (χ0v) is 11.2. The van der Waals surface area contributed by atoms with Crippen LogP contribution < -0.4 is 0 Å². The molecular formula is C19H18. The van der Waals surface area contributed by atoms with Gasteiger partial charge in [-0.1, -0.05) is 91.1 Å². The van der Waals surface area contributed by atoms with Gasteiger partial charge in [0, 0.05) is 0 Å². The minimum absolute atomic E-state index is 1.22. The van der Waals surface area contributed by atoms with Gasteiger partial charge in [0.25, 0.3) is 0 Å². The molecule has 0 aliphatic carbocycles. The first-order valence-corrected chi connectivity index (χ1v) is 6.48. The average molecular weight is 246 g/mol. The molecule has 2 aromatic rings. The number of hydrogen-bond acceptors (Lipinski definition) is 0. The van der Waals surface area contributed by atoms with Crippen molar-refractivity contribution in [1.29, 1.82) is 0 Å². The molecule has 2 rings (SSSR count). The highest BCUT2D eigenvalue weighted by atomic mass is 13.9. The molecule has 0 heterocycles. The maximum Gasteiger partial charge on any atom is -0.0227 e. The lowest BCUT2D eigenvalue weighted by molar-refractivity contribution is 1.44. The van der Waals surface area contributed by atoms with Crippen LogP contribution in [0.1, 0.15) is 16.7 Å².